The molecule has 0 bridgehead atoms. The molecule has 0 spiro atoms. The molecule has 1 aromatic rings. The molecule has 1 amide bonds. The van der Waals surface area contributed by atoms with Gasteiger partial charge >= 0.3 is 0 Å². The van der Waals surface area contributed by atoms with Crippen LogP contribution in [0.4, 0.5) is 0 Å². The number of carbonyl (C=O) groups is 1. The average molecular weight is 254 g/mol. The Labute approximate surface area is 108 Å². The van der Waals surface area contributed by atoms with Gasteiger partial charge < -0.3 is 10.1 Å². The van der Waals surface area contributed by atoms with E-state index in [-0.39, 0.29) is 11.9 Å². The second-order valence-electron chi connectivity index (χ2n) is 4.62. The van der Waals surface area contributed by atoms with Gasteiger partial charge in [-0.25, -0.2) is 0 Å². The average Bonchev–Trinajstić information content (AvgIpc) is 2.63. The summed E-state index contributed by atoms with van der Waals surface area (Å²) in [5.74, 6) is 0.00550. The number of hydrogen-bond donors (Lipinski definition) is 1. The minimum atomic E-state index is 0.00550. The van der Waals surface area contributed by atoms with E-state index < -0.39 is 0 Å². The van der Waals surface area contributed by atoms with Gasteiger partial charge in [-0.2, -0.15) is 5.10 Å². The van der Waals surface area contributed by atoms with Gasteiger partial charge in [0, 0.05) is 38.5 Å². The summed E-state index contributed by atoms with van der Waals surface area (Å²) in [4.78, 5) is 13.7. The van der Waals surface area contributed by atoms with Crippen LogP contribution in [0.1, 0.15) is 12.5 Å². The third-order valence-electron chi connectivity index (χ3n) is 2.45. The molecule has 1 unspecified atom stereocenters. The maximum absolute atomic E-state index is 11.7. The Morgan fingerprint density at radius 3 is 2.94 bits per heavy atom. The van der Waals surface area contributed by atoms with Crippen LogP contribution in [0.5, 0.6) is 0 Å². The summed E-state index contributed by atoms with van der Waals surface area (Å²) in [5, 5.41) is 6.97. The Morgan fingerprint density at radius 2 is 2.39 bits per heavy atom. The van der Waals surface area contributed by atoms with Crippen molar-refractivity contribution >= 4 is 5.91 Å². The summed E-state index contributed by atoms with van der Waals surface area (Å²) in [6.07, 6.45) is 3.75. The molecule has 6 nitrogen and oxygen atoms in total. The zero-order valence-corrected chi connectivity index (χ0v) is 11.5. The van der Waals surface area contributed by atoms with Crippen LogP contribution in [0.2, 0.25) is 0 Å². The second kappa shape index (κ2) is 7.13. The molecule has 1 N–H and O–H groups in total. The van der Waals surface area contributed by atoms with Gasteiger partial charge in [0.05, 0.1) is 19.3 Å². The van der Waals surface area contributed by atoms with Crippen LogP contribution < -0.4 is 5.32 Å². The lowest BCUT2D eigenvalue weighted by atomic mass is 10.3. The van der Waals surface area contributed by atoms with Crippen molar-refractivity contribution in [3.05, 3.63) is 18.0 Å². The van der Waals surface area contributed by atoms with Gasteiger partial charge in [0.1, 0.15) is 0 Å². The van der Waals surface area contributed by atoms with Crippen molar-refractivity contribution < 1.29 is 9.53 Å². The van der Waals surface area contributed by atoms with E-state index in [4.69, 9.17) is 4.74 Å². The molecule has 0 saturated heterocycles. The van der Waals surface area contributed by atoms with E-state index >= 15 is 0 Å². The van der Waals surface area contributed by atoms with Crippen LogP contribution in [-0.4, -0.2) is 53.9 Å². The first-order valence-corrected chi connectivity index (χ1v) is 5.95. The minimum absolute atomic E-state index is 0.00550. The number of methoxy groups -OCH3 is 1. The molecule has 0 fully saturated rings. The molecule has 102 valence electrons. The van der Waals surface area contributed by atoms with Crippen molar-refractivity contribution in [2.45, 2.75) is 19.5 Å². The molecule has 0 aliphatic heterocycles. The summed E-state index contributed by atoms with van der Waals surface area (Å²) >= 11 is 0. The maximum atomic E-state index is 11.7. The smallest absolute Gasteiger partial charge is 0.234 e. The molecule has 0 aliphatic rings. The Hall–Kier alpha value is -1.40. The Kier molecular flexibility index (Phi) is 5.80. The maximum Gasteiger partial charge on any atom is 0.234 e. The largest absolute Gasteiger partial charge is 0.383 e. The third-order valence-corrected chi connectivity index (χ3v) is 2.45. The highest BCUT2D eigenvalue weighted by atomic mass is 16.5. The predicted molar refractivity (Wildman–Crippen MR) is 69.0 cm³/mol. The topological polar surface area (TPSA) is 59.4 Å². The first-order valence-electron chi connectivity index (χ1n) is 5.95. The van der Waals surface area contributed by atoms with Gasteiger partial charge in [-0.1, -0.05) is 0 Å². The zero-order valence-electron chi connectivity index (χ0n) is 11.5. The standard InChI is InChI=1S/C12H22N4O2/c1-10(9-18-4)14-12(17)8-15(2)6-11-5-13-16(3)7-11/h5,7,10H,6,8-9H2,1-4H3,(H,14,17). The van der Waals surface area contributed by atoms with Gasteiger partial charge in [0.15, 0.2) is 0 Å². The monoisotopic (exact) mass is 254 g/mol. The summed E-state index contributed by atoms with van der Waals surface area (Å²) in [6, 6.07) is 0.0364. The number of likely N-dealkylation sites (N-methyl/N-ethyl adjacent to an activating group) is 1. The summed E-state index contributed by atoms with van der Waals surface area (Å²) < 4.78 is 6.72. The number of rotatable bonds is 7. The molecule has 0 aromatic carbocycles. The molecular formula is C12H22N4O2. The number of carbonyl (C=O) groups excluding carboxylic acids is 1. The molecule has 0 aliphatic carbocycles. The number of aryl methyl sites for hydroxylation is 1. The van der Waals surface area contributed by atoms with Gasteiger partial charge in [0.25, 0.3) is 0 Å². The van der Waals surface area contributed by atoms with E-state index in [2.05, 4.69) is 10.4 Å². The number of nitrogens with zero attached hydrogens (tertiary/aromatic N) is 3. The molecular weight excluding hydrogens is 232 g/mol. The SMILES string of the molecule is COCC(C)NC(=O)CN(C)Cc1cnn(C)c1. The molecule has 6 heteroatoms. The van der Waals surface area contributed by atoms with Crippen molar-refractivity contribution in [2.24, 2.45) is 7.05 Å². The van der Waals surface area contributed by atoms with E-state index in [1.807, 2.05) is 38.3 Å². The Morgan fingerprint density at radius 1 is 1.67 bits per heavy atom. The summed E-state index contributed by atoms with van der Waals surface area (Å²) in [5.41, 5.74) is 1.10. The lowest BCUT2D eigenvalue weighted by Crippen LogP contribution is -2.41. The normalized spacial score (nSPS) is 12.7. The molecule has 18 heavy (non-hydrogen) atoms. The Balaban J connectivity index is 2.31. The van der Waals surface area contributed by atoms with Crippen LogP contribution in [0, 0.1) is 0 Å². The van der Waals surface area contributed by atoms with E-state index in [0.717, 1.165) is 5.56 Å². The van der Waals surface area contributed by atoms with Crippen LogP contribution in [-0.2, 0) is 23.1 Å². The van der Waals surface area contributed by atoms with E-state index in [9.17, 15) is 4.79 Å². The van der Waals surface area contributed by atoms with Crippen molar-refractivity contribution in [3.8, 4) is 0 Å². The van der Waals surface area contributed by atoms with Crippen molar-refractivity contribution in [3.63, 3.8) is 0 Å². The van der Waals surface area contributed by atoms with E-state index in [1.165, 1.54) is 0 Å². The molecule has 1 aromatic heterocycles. The Bertz CT molecular complexity index is 378. The number of aromatic nitrogens is 2. The fraction of sp³-hybridized carbons (Fsp3) is 0.667. The fourth-order valence-corrected chi connectivity index (χ4v) is 1.78. The van der Waals surface area contributed by atoms with E-state index in [0.29, 0.717) is 19.7 Å². The predicted octanol–water partition coefficient (Wildman–Crippen LogP) is 0.00300. The van der Waals surface area contributed by atoms with Crippen molar-refractivity contribution in [1.29, 1.82) is 0 Å². The fourth-order valence-electron chi connectivity index (χ4n) is 1.78. The van der Waals surface area contributed by atoms with Crippen LogP contribution in [0.25, 0.3) is 0 Å². The minimum Gasteiger partial charge on any atom is -0.383 e. The summed E-state index contributed by atoms with van der Waals surface area (Å²) in [6.45, 7) is 3.52. The highest BCUT2D eigenvalue weighted by molar-refractivity contribution is 5.78. The molecule has 1 atom stereocenters. The number of ether oxygens (including phenoxy) is 1. The van der Waals surface area contributed by atoms with E-state index in [1.54, 1.807) is 11.8 Å². The lowest BCUT2D eigenvalue weighted by Gasteiger charge is -2.18. The molecule has 1 heterocycles. The number of hydrogen-bond acceptors (Lipinski definition) is 4. The number of amides is 1. The zero-order chi connectivity index (χ0) is 13.5. The highest BCUT2D eigenvalue weighted by Gasteiger charge is 2.10. The van der Waals surface area contributed by atoms with Crippen molar-refractivity contribution in [2.75, 3.05) is 27.3 Å². The molecule has 1 rings (SSSR count). The van der Waals surface area contributed by atoms with Gasteiger partial charge in [-0.05, 0) is 14.0 Å². The van der Waals surface area contributed by atoms with Crippen LogP contribution >= 0.6 is 0 Å². The number of nitrogens with one attached hydrogen (secondary N) is 1. The second-order valence-corrected chi connectivity index (χ2v) is 4.62. The van der Waals surface area contributed by atoms with Gasteiger partial charge in [0.2, 0.25) is 5.91 Å². The van der Waals surface area contributed by atoms with Crippen LogP contribution in [0.3, 0.4) is 0 Å². The quantitative estimate of drug-likeness (QED) is 0.744. The first kappa shape index (κ1) is 14.7. The first-order chi connectivity index (χ1) is 8.51. The lowest BCUT2D eigenvalue weighted by molar-refractivity contribution is -0.123. The van der Waals surface area contributed by atoms with Gasteiger partial charge in [-0.15, -0.1) is 0 Å². The molecule has 0 radical (unpaired) electrons. The van der Waals surface area contributed by atoms with Crippen LogP contribution in [0.15, 0.2) is 12.4 Å². The summed E-state index contributed by atoms with van der Waals surface area (Å²) in [7, 11) is 5.41. The highest BCUT2D eigenvalue weighted by Crippen LogP contribution is 2.00. The molecule has 0 saturated carbocycles. The third kappa shape index (κ3) is 5.29. The van der Waals surface area contributed by atoms with Gasteiger partial charge in [-0.3, -0.25) is 14.4 Å². The van der Waals surface area contributed by atoms with Crippen molar-refractivity contribution in [1.82, 2.24) is 20.0 Å².